The van der Waals surface area contributed by atoms with Crippen LogP contribution < -0.4 is 4.90 Å². The predicted molar refractivity (Wildman–Crippen MR) is 124 cm³/mol. The van der Waals surface area contributed by atoms with Crippen LogP contribution in [0.1, 0.15) is 41.0 Å². The summed E-state index contributed by atoms with van der Waals surface area (Å²) >= 11 is 0. The highest BCUT2D eigenvalue weighted by Crippen LogP contribution is 2.28. The molecule has 1 fully saturated rings. The molecule has 2 aliphatic heterocycles. The predicted octanol–water partition coefficient (Wildman–Crippen LogP) is 4.69. The van der Waals surface area contributed by atoms with Gasteiger partial charge in [-0.15, -0.1) is 0 Å². The number of nitrogens with zero attached hydrogens (tertiary/aromatic N) is 4. The van der Waals surface area contributed by atoms with Crippen molar-refractivity contribution in [3.8, 4) is 11.4 Å². The lowest BCUT2D eigenvalue weighted by Gasteiger charge is -2.36. The Morgan fingerprint density at radius 2 is 1.59 bits per heavy atom. The highest BCUT2D eigenvalue weighted by molar-refractivity contribution is 5.94. The van der Waals surface area contributed by atoms with E-state index in [0.29, 0.717) is 18.8 Å². The number of anilines is 1. The Morgan fingerprint density at radius 1 is 0.875 bits per heavy atom. The number of rotatable bonds is 3. The highest BCUT2D eigenvalue weighted by Gasteiger charge is 2.29. The van der Waals surface area contributed by atoms with Crippen LogP contribution >= 0.6 is 0 Å². The molecule has 0 atom stereocenters. The Balaban J connectivity index is 1.39. The van der Waals surface area contributed by atoms with Crippen molar-refractivity contribution in [1.82, 2.24) is 14.5 Å². The molecule has 3 aromatic rings. The molecule has 0 bridgehead atoms. The van der Waals surface area contributed by atoms with Gasteiger partial charge in [0, 0.05) is 44.0 Å². The first kappa shape index (κ1) is 20.7. The quantitative estimate of drug-likeness (QED) is 0.603. The molecule has 5 rings (SSSR count). The van der Waals surface area contributed by atoms with E-state index in [2.05, 4.69) is 40.7 Å². The van der Waals surface area contributed by atoms with Crippen LogP contribution in [0.15, 0.2) is 48.5 Å². The third-order valence-electron chi connectivity index (χ3n) is 6.64. The van der Waals surface area contributed by atoms with Crippen molar-refractivity contribution in [3.05, 3.63) is 71.3 Å². The first-order valence-corrected chi connectivity index (χ1v) is 11.6. The molecule has 1 amide bonds. The van der Waals surface area contributed by atoms with Gasteiger partial charge in [-0.25, -0.2) is 9.37 Å². The molecule has 2 aliphatic rings. The van der Waals surface area contributed by atoms with Crippen LogP contribution in [0.2, 0.25) is 0 Å². The van der Waals surface area contributed by atoms with Crippen LogP contribution in [-0.4, -0.2) is 46.5 Å². The molecule has 1 aromatic heterocycles. The molecule has 0 aliphatic carbocycles. The van der Waals surface area contributed by atoms with Crippen molar-refractivity contribution in [2.24, 2.45) is 0 Å². The zero-order valence-corrected chi connectivity index (χ0v) is 18.6. The Labute approximate surface area is 188 Å². The van der Waals surface area contributed by atoms with Gasteiger partial charge in [0.15, 0.2) is 0 Å². The molecule has 2 aromatic carbocycles. The summed E-state index contributed by atoms with van der Waals surface area (Å²) in [6.45, 7) is 5.74. The van der Waals surface area contributed by atoms with E-state index >= 15 is 0 Å². The second-order valence-electron chi connectivity index (χ2n) is 8.81. The van der Waals surface area contributed by atoms with Crippen molar-refractivity contribution in [2.75, 3.05) is 31.1 Å². The van der Waals surface area contributed by atoms with E-state index in [9.17, 15) is 9.18 Å². The molecule has 5 nitrogen and oxygen atoms in total. The summed E-state index contributed by atoms with van der Waals surface area (Å²) in [6.07, 6.45) is 4.29. The third kappa shape index (κ3) is 4.01. The summed E-state index contributed by atoms with van der Waals surface area (Å²) in [5.74, 6) is 0.718. The van der Waals surface area contributed by atoms with Gasteiger partial charge in [-0.2, -0.15) is 0 Å². The molecule has 166 valence electrons. The molecule has 1 saturated heterocycles. The fraction of sp³-hybridized carbons (Fsp3) is 0.385. The summed E-state index contributed by atoms with van der Waals surface area (Å²) in [6, 6.07) is 15.0. The van der Waals surface area contributed by atoms with Crippen LogP contribution in [0.4, 0.5) is 10.1 Å². The molecule has 0 saturated carbocycles. The van der Waals surface area contributed by atoms with Gasteiger partial charge in [0.05, 0.1) is 5.69 Å². The third-order valence-corrected chi connectivity index (χ3v) is 6.64. The Hall–Kier alpha value is -3.15. The lowest BCUT2D eigenvalue weighted by molar-refractivity contribution is 0.0740. The maximum atomic E-state index is 13.6. The zero-order valence-electron chi connectivity index (χ0n) is 18.6. The minimum Gasteiger partial charge on any atom is -0.368 e. The minimum atomic E-state index is -0.229. The molecular formula is C26H29FN4O. The zero-order chi connectivity index (χ0) is 22.1. The van der Waals surface area contributed by atoms with Gasteiger partial charge in [-0.05, 0) is 50.5 Å². The smallest absolute Gasteiger partial charge is 0.274 e. The van der Waals surface area contributed by atoms with Crippen LogP contribution in [0.3, 0.4) is 0 Å². The van der Waals surface area contributed by atoms with Crippen LogP contribution in [-0.2, 0) is 13.0 Å². The number of halogens is 1. The number of fused-ring (bicyclic) bond motifs is 1. The average Bonchev–Trinajstić information content (AvgIpc) is 3.00. The molecule has 0 unspecified atom stereocenters. The fourth-order valence-corrected chi connectivity index (χ4v) is 4.78. The largest absolute Gasteiger partial charge is 0.368 e. The van der Waals surface area contributed by atoms with Crippen molar-refractivity contribution in [3.63, 3.8) is 0 Å². The normalized spacial score (nSPS) is 16.6. The summed E-state index contributed by atoms with van der Waals surface area (Å²) < 4.78 is 15.5. The summed E-state index contributed by atoms with van der Waals surface area (Å²) in [5.41, 5.74) is 4.99. The number of hydrogen-bond donors (Lipinski definition) is 0. The summed E-state index contributed by atoms with van der Waals surface area (Å²) in [7, 11) is 0. The molecule has 3 heterocycles. The first-order chi connectivity index (χ1) is 15.6. The SMILES string of the molecule is Cc1ccc(-c2nc(C(=O)N3CCN(c4ccc(F)cc4)CC3)c3n2CCCCC3)cc1. The molecule has 0 radical (unpaired) electrons. The number of carbonyl (C=O) groups is 1. The maximum absolute atomic E-state index is 13.6. The number of aryl methyl sites for hydroxylation is 1. The van der Waals surface area contributed by atoms with Gasteiger partial charge in [0.2, 0.25) is 0 Å². The van der Waals surface area contributed by atoms with Gasteiger partial charge in [0.25, 0.3) is 5.91 Å². The van der Waals surface area contributed by atoms with Crippen molar-refractivity contribution >= 4 is 11.6 Å². The van der Waals surface area contributed by atoms with Gasteiger partial charge in [0.1, 0.15) is 17.3 Å². The van der Waals surface area contributed by atoms with E-state index in [-0.39, 0.29) is 11.7 Å². The number of imidazole rings is 1. The fourth-order valence-electron chi connectivity index (χ4n) is 4.78. The van der Waals surface area contributed by atoms with Crippen LogP contribution in [0.5, 0.6) is 0 Å². The minimum absolute atomic E-state index is 0.0350. The molecule has 6 heteroatoms. The van der Waals surface area contributed by atoms with Gasteiger partial charge < -0.3 is 14.4 Å². The number of piperazine rings is 1. The average molecular weight is 433 g/mol. The van der Waals surface area contributed by atoms with Crippen molar-refractivity contribution in [1.29, 1.82) is 0 Å². The lowest BCUT2D eigenvalue weighted by atomic mass is 10.1. The van der Waals surface area contributed by atoms with Gasteiger partial charge in [-0.3, -0.25) is 4.79 Å². The second kappa shape index (κ2) is 8.77. The molecule has 0 N–H and O–H groups in total. The molecule has 0 spiro atoms. The van der Waals surface area contributed by atoms with Crippen LogP contribution in [0, 0.1) is 12.7 Å². The molecular weight excluding hydrogens is 403 g/mol. The number of carbonyl (C=O) groups excluding carboxylic acids is 1. The summed E-state index contributed by atoms with van der Waals surface area (Å²) in [5, 5.41) is 0. The van der Waals surface area contributed by atoms with Crippen molar-refractivity contribution < 1.29 is 9.18 Å². The van der Waals surface area contributed by atoms with Gasteiger partial charge >= 0.3 is 0 Å². The lowest BCUT2D eigenvalue weighted by Crippen LogP contribution is -2.49. The molecule has 32 heavy (non-hydrogen) atoms. The Kier molecular flexibility index (Phi) is 5.68. The van der Waals surface area contributed by atoms with E-state index < -0.39 is 0 Å². The van der Waals surface area contributed by atoms with E-state index in [1.165, 1.54) is 24.1 Å². The monoisotopic (exact) mass is 432 g/mol. The standard InChI is InChI=1S/C26H29FN4O/c1-19-6-8-20(9-7-19)25-28-24(23-5-3-2-4-14-31(23)25)26(32)30-17-15-29(16-18-30)22-12-10-21(27)11-13-22/h6-13H,2-5,14-18H2,1H3. The number of hydrogen-bond acceptors (Lipinski definition) is 3. The van der Waals surface area contributed by atoms with E-state index in [1.807, 2.05) is 4.90 Å². The maximum Gasteiger partial charge on any atom is 0.274 e. The van der Waals surface area contributed by atoms with Gasteiger partial charge in [-0.1, -0.05) is 36.2 Å². The number of benzene rings is 2. The second-order valence-corrected chi connectivity index (χ2v) is 8.81. The van der Waals surface area contributed by atoms with Crippen LogP contribution in [0.25, 0.3) is 11.4 Å². The van der Waals surface area contributed by atoms with Crippen molar-refractivity contribution in [2.45, 2.75) is 39.2 Å². The highest BCUT2D eigenvalue weighted by atomic mass is 19.1. The Morgan fingerprint density at radius 3 is 2.31 bits per heavy atom. The first-order valence-electron chi connectivity index (χ1n) is 11.6. The number of amides is 1. The topological polar surface area (TPSA) is 41.4 Å². The van der Waals surface area contributed by atoms with E-state index in [0.717, 1.165) is 61.7 Å². The number of aromatic nitrogens is 2. The summed E-state index contributed by atoms with van der Waals surface area (Å²) in [4.78, 5) is 22.6. The van der Waals surface area contributed by atoms with E-state index in [1.54, 1.807) is 12.1 Å². The van der Waals surface area contributed by atoms with E-state index in [4.69, 9.17) is 4.98 Å². The Bertz CT molecular complexity index is 1100.